The van der Waals surface area contributed by atoms with Crippen molar-refractivity contribution >= 4 is 29.7 Å². The number of nitrogens with zero attached hydrogens (tertiary/aromatic N) is 1. The lowest BCUT2D eigenvalue weighted by Crippen LogP contribution is -2.44. The second-order valence-electron chi connectivity index (χ2n) is 4.95. The maximum atomic E-state index is 11.8. The smallest absolute Gasteiger partial charge is 0.237 e. The van der Waals surface area contributed by atoms with Gasteiger partial charge in [-0.2, -0.15) is 0 Å². The molecule has 1 aromatic rings. The van der Waals surface area contributed by atoms with Gasteiger partial charge in [0.15, 0.2) is 0 Å². The van der Waals surface area contributed by atoms with E-state index in [2.05, 4.69) is 24.1 Å². The van der Waals surface area contributed by atoms with Crippen LogP contribution in [0.25, 0.3) is 0 Å². The summed E-state index contributed by atoms with van der Waals surface area (Å²) in [5, 5.41) is 5.83. The Balaban J connectivity index is 0.00000324. The molecule has 0 bridgehead atoms. The molecule has 110 valence electrons. The molecule has 1 heterocycles. The zero-order chi connectivity index (χ0) is 13.7. The molecule has 0 aliphatic rings. The van der Waals surface area contributed by atoms with Crippen LogP contribution in [0.4, 0.5) is 0 Å². The normalized spacial score (nSPS) is 13.8. The van der Waals surface area contributed by atoms with Gasteiger partial charge in [0.05, 0.1) is 18.3 Å². The summed E-state index contributed by atoms with van der Waals surface area (Å²) >= 11 is 1.58. The van der Waals surface area contributed by atoms with Gasteiger partial charge in [-0.15, -0.1) is 23.7 Å². The fourth-order valence-corrected chi connectivity index (χ4v) is 2.36. The van der Waals surface area contributed by atoms with Gasteiger partial charge in [-0.3, -0.25) is 4.79 Å². The summed E-state index contributed by atoms with van der Waals surface area (Å²) in [7, 11) is 0. The SMILES string of the molecule is CCC(C)C(N)C(=O)NCc1nc(C(C)C)cs1.Cl. The molecule has 1 rings (SSSR count). The molecule has 0 fully saturated rings. The fraction of sp³-hybridized carbons (Fsp3) is 0.692. The van der Waals surface area contributed by atoms with Gasteiger partial charge in [0, 0.05) is 5.38 Å². The number of carbonyl (C=O) groups is 1. The average molecular weight is 306 g/mol. The summed E-state index contributed by atoms with van der Waals surface area (Å²) in [5.41, 5.74) is 6.94. The lowest BCUT2D eigenvalue weighted by molar-refractivity contribution is -0.123. The van der Waals surface area contributed by atoms with Gasteiger partial charge in [0.25, 0.3) is 0 Å². The number of carbonyl (C=O) groups excluding carboxylic acids is 1. The number of aromatic nitrogens is 1. The zero-order valence-electron chi connectivity index (χ0n) is 12.0. The molecule has 19 heavy (non-hydrogen) atoms. The molecule has 0 aliphatic heterocycles. The van der Waals surface area contributed by atoms with Gasteiger partial charge in [0.1, 0.15) is 5.01 Å². The topological polar surface area (TPSA) is 68.0 Å². The maximum absolute atomic E-state index is 11.8. The van der Waals surface area contributed by atoms with Crippen LogP contribution in [0.2, 0.25) is 0 Å². The van der Waals surface area contributed by atoms with Crippen molar-refractivity contribution in [3.05, 3.63) is 16.1 Å². The minimum Gasteiger partial charge on any atom is -0.348 e. The van der Waals surface area contributed by atoms with Gasteiger partial charge < -0.3 is 11.1 Å². The number of hydrogen-bond acceptors (Lipinski definition) is 4. The van der Waals surface area contributed by atoms with Gasteiger partial charge in [-0.1, -0.05) is 34.1 Å². The van der Waals surface area contributed by atoms with E-state index in [0.29, 0.717) is 12.5 Å². The molecule has 3 N–H and O–H groups in total. The van der Waals surface area contributed by atoms with Gasteiger partial charge >= 0.3 is 0 Å². The number of nitrogens with one attached hydrogen (secondary N) is 1. The zero-order valence-corrected chi connectivity index (χ0v) is 13.6. The number of hydrogen-bond donors (Lipinski definition) is 2. The highest BCUT2D eigenvalue weighted by atomic mass is 35.5. The Hall–Kier alpha value is -0.650. The molecule has 1 amide bonds. The van der Waals surface area contributed by atoms with Crippen LogP contribution in [0.1, 0.15) is 50.7 Å². The van der Waals surface area contributed by atoms with Crippen molar-refractivity contribution in [3.8, 4) is 0 Å². The highest BCUT2D eigenvalue weighted by molar-refractivity contribution is 7.09. The van der Waals surface area contributed by atoms with Crippen molar-refractivity contribution in [2.24, 2.45) is 11.7 Å². The minimum absolute atomic E-state index is 0. The standard InChI is InChI=1S/C13H23N3OS.ClH/c1-5-9(4)12(14)13(17)15-6-11-16-10(7-18-11)8(2)3;/h7-9,12H,5-6,14H2,1-4H3,(H,15,17);1H. The number of amides is 1. The Morgan fingerprint density at radius 3 is 2.58 bits per heavy atom. The second kappa shape index (κ2) is 8.51. The second-order valence-corrected chi connectivity index (χ2v) is 5.89. The molecule has 0 aromatic carbocycles. The van der Waals surface area contributed by atoms with Crippen LogP contribution in [-0.4, -0.2) is 16.9 Å². The predicted molar refractivity (Wildman–Crippen MR) is 82.7 cm³/mol. The van der Waals surface area contributed by atoms with Crippen LogP contribution in [0.15, 0.2) is 5.38 Å². The Morgan fingerprint density at radius 2 is 2.11 bits per heavy atom. The van der Waals surface area contributed by atoms with Crippen LogP contribution in [0, 0.1) is 5.92 Å². The van der Waals surface area contributed by atoms with E-state index in [1.165, 1.54) is 0 Å². The molecule has 2 unspecified atom stereocenters. The highest BCUT2D eigenvalue weighted by Crippen LogP contribution is 2.17. The first-order chi connectivity index (χ1) is 8.45. The van der Waals surface area contributed by atoms with E-state index in [9.17, 15) is 4.79 Å². The summed E-state index contributed by atoms with van der Waals surface area (Å²) in [6.07, 6.45) is 0.906. The number of thiazole rings is 1. The number of nitrogens with two attached hydrogens (primary N) is 1. The molecule has 0 aliphatic carbocycles. The van der Waals surface area contributed by atoms with Crippen LogP contribution >= 0.6 is 23.7 Å². The lowest BCUT2D eigenvalue weighted by atomic mass is 9.99. The van der Waals surface area contributed by atoms with E-state index < -0.39 is 6.04 Å². The maximum Gasteiger partial charge on any atom is 0.237 e. The molecule has 0 spiro atoms. The largest absolute Gasteiger partial charge is 0.348 e. The van der Waals surface area contributed by atoms with Gasteiger partial charge in [0.2, 0.25) is 5.91 Å². The van der Waals surface area contributed by atoms with E-state index in [4.69, 9.17) is 5.73 Å². The minimum atomic E-state index is -0.431. The monoisotopic (exact) mass is 305 g/mol. The fourth-order valence-electron chi connectivity index (χ4n) is 1.46. The van der Waals surface area contributed by atoms with Crippen molar-refractivity contribution in [1.82, 2.24) is 10.3 Å². The predicted octanol–water partition coefficient (Wildman–Crippen LogP) is 2.68. The van der Waals surface area contributed by atoms with Crippen LogP contribution in [0.3, 0.4) is 0 Å². The van der Waals surface area contributed by atoms with Gasteiger partial charge in [-0.05, 0) is 11.8 Å². The van der Waals surface area contributed by atoms with Crippen molar-refractivity contribution in [2.45, 2.75) is 52.6 Å². The number of halogens is 1. The molecule has 0 radical (unpaired) electrons. The third-order valence-corrected chi connectivity index (χ3v) is 4.00. The first kappa shape index (κ1) is 18.4. The highest BCUT2D eigenvalue weighted by Gasteiger charge is 2.19. The summed E-state index contributed by atoms with van der Waals surface area (Å²) in [5.74, 6) is 0.534. The van der Waals surface area contributed by atoms with E-state index in [-0.39, 0.29) is 24.2 Å². The third kappa shape index (κ3) is 5.47. The van der Waals surface area contributed by atoms with Crippen molar-refractivity contribution in [2.75, 3.05) is 0 Å². The number of rotatable bonds is 6. The molecule has 1 aromatic heterocycles. The van der Waals surface area contributed by atoms with Crippen molar-refractivity contribution < 1.29 is 4.79 Å². The lowest BCUT2D eigenvalue weighted by Gasteiger charge is -2.17. The molecule has 6 heteroatoms. The van der Waals surface area contributed by atoms with Crippen LogP contribution in [0.5, 0.6) is 0 Å². The molecular formula is C13H24ClN3OS. The molecular weight excluding hydrogens is 282 g/mol. The van der Waals surface area contributed by atoms with Crippen LogP contribution < -0.4 is 11.1 Å². The van der Waals surface area contributed by atoms with Gasteiger partial charge in [-0.25, -0.2) is 4.98 Å². The first-order valence-electron chi connectivity index (χ1n) is 6.43. The van der Waals surface area contributed by atoms with Crippen LogP contribution in [-0.2, 0) is 11.3 Å². The van der Waals surface area contributed by atoms with E-state index >= 15 is 0 Å². The summed E-state index contributed by atoms with van der Waals surface area (Å²) in [6, 6.07) is -0.431. The van der Waals surface area contributed by atoms with Crippen molar-refractivity contribution in [1.29, 1.82) is 0 Å². The Bertz CT molecular complexity index is 395. The summed E-state index contributed by atoms with van der Waals surface area (Å²) in [6.45, 7) is 8.71. The molecule has 4 nitrogen and oxygen atoms in total. The van der Waals surface area contributed by atoms with E-state index in [1.54, 1.807) is 11.3 Å². The average Bonchev–Trinajstić information content (AvgIpc) is 2.82. The summed E-state index contributed by atoms with van der Waals surface area (Å²) < 4.78 is 0. The quantitative estimate of drug-likeness (QED) is 0.849. The van der Waals surface area contributed by atoms with Crippen molar-refractivity contribution in [3.63, 3.8) is 0 Å². The Morgan fingerprint density at radius 1 is 1.47 bits per heavy atom. The summed E-state index contributed by atoms with van der Waals surface area (Å²) in [4.78, 5) is 16.3. The molecule has 2 atom stereocenters. The molecule has 0 saturated carbocycles. The van der Waals surface area contributed by atoms with E-state index in [1.807, 2.05) is 19.2 Å². The Labute approximate surface area is 125 Å². The first-order valence-corrected chi connectivity index (χ1v) is 7.31. The van der Waals surface area contributed by atoms with E-state index in [0.717, 1.165) is 17.1 Å². The Kier molecular flexibility index (Phi) is 8.22. The molecule has 0 saturated heterocycles. The third-order valence-electron chi connectivity index (χ3n) is 3.13.